The molecule has 2 heterocycles. The number of hydrogen-bond donors (Lipinski definition) is 2. The summed E-state index contributed by atoms with van der Waals surface area (Å²) in [7, 11) is 0. The predicted octanol–water partition coefficient (Wildman–Crippen LogP) is 3.34. The van der Waals surface area contributed by atoms with Gasteiger partial charge in [0.2, 0.25) is 0 Å². The number of hydrogen-bond acceptors (Lipinski definition) is 4. The second-order valence-corrected chi connectivity index (χ2v) is 7.82. The van der Waals surface area contributed by atoms with E-state index in [1.807, 2.05) is 11.8 Å². The minimum atomic E-state index is -3.09. The van der Waals surface area contributed by atoms with Gasteiger partial charge in [-0.3, -0.25) is 9.78 Å². The van der Waals surface area contributed by atoms with Crippen LogP contribution in [0.1, 0.15) is 30.6 Å². The van der Waals surface area contributed by atoms with Crippen molar-refractivity contribution >= 4 is 11.6 Å². The van der Waals surface area contributed by atoms with Crippen LogP contribution in [-0.4, -0.2) is 42.0 Å². The molecule has 0 radical (unpaired) electrons. The molecule has 0 bridgehead atoms. The van der Waals surface area contributed by atoms with Crippen molar-refractivity contribution in [2.24, 2.45) is 5.73 Å². The predicted molar refractivity (Wildman–Crippen MR) is 102 cm³/mol. The first-order valence-corrected chi connectivity index (χ1v) is 9.09. The lowest BCUT2D eigenvalue weighted by Gasteiger charge is -2.26. The van der Waals surface area contributed by atoms with Gasteiger partial charge in [0.1, 0.15) is 11.6 Å². The summed E-state index contributed by atoms with van der Waals surface area (Å²) >= 11 is 0. The Morgan fingerprint density at radius 1 is 1.28 bits per heavy atom. The first-order chi connectivity index (χ1) is 13.5. The van der Waals surface area contributed by atoms with Gasteiger partial charge in [0, 0.05) is 49.6 Å². The van der Waals surface area contributed by atoms with E-state index in [1.54, 1.807) is 0 Å². The van der Waals surface area contributed by atoms with E-state index in [-0.39, 0.29) is 11.1 Å². The number of carbonyl (C=O) groups is 1. The molecule has 1 atom stereocenters. The number of nitrogens with one attached hydrogen (secondary N) is 1. The lowest BCUT2D eigenvalue weighted by Crippen LogP contribution is -2.40. The lowest BCUT2D eigenvalue weighted by molar-refractivity contribution is 0.0221. The average Bonchev–Trinajstić information content (AvgIpc) is 2.97. The van der Waals surface area contributed by atoms with E-state index < -0.39 is 35.5 Å². The molecular weight excluding hydrogens is 388 g/mol. The number of aromatic nitrogens is 1. The largest absolute Gasteiger partial charge is 0.368 e. The number of pyridine rings is 1. The number of alkyl halides is 2. The molecule has 29 heavy (non-hydrogen) atoms. The maximum absolute atomic E-state index is 13.8. The van der Waals surface area contributed by atoms with Crippen molar-refractivity contribution in [1.82, 2.24) is 10.3 Å². The quantitative estimate of drug-likeness (QED) is 0.742. The maximum atomic E-state index is 13.8. The zero-order valence-electron chi connectivity index (χ0n) is 16.1. The van der Waals surface area contributed by atoms with E-state index in [4.69, 9.17) is 5.73 Å². The van der Waals surface area contributed by atoms with Crippen LogP contribution in [0.4, 0.5) is 23.2 Å². The summed E-state index contributed by atoms with van der Waals surface area (Å²) in [4.78, 5) is 18.5. The number of benzene rings is 1. The molecule has 0 aliphatic carbocycles. The van der Waals surface area contributed by atoms with Crippen LogP contribution in [-0.2, 0) is 0 Å². The van der Waals surface area contributed by atoms with Crippen molar-refractivity contribution in [2.75, 3.05) is 24.5 Å². The van der Waals surface area contributed by atoms with E-state index in [2.05, 4.69) is 10.3 Å². The fraction of sp³-hybridized carbons (Fsp3) is 0.400. The zero-order valence-corrected chi connectivity index (χ0v) is 16.1. The van der Waals surface area contributed by atoms with Gasteiger partial charge in [-0.05, 0) is 31.0 Å². The van der Waals surface area contributed by atoms with Gasteiger partial charge < -0.3 is 16.0 Å². The number of halogens is 4. The Labute approximate surface area is 165 Å². The molecular formula is C20H22F4N4O. The highest BCUT2D eigenvalue weighted by Gasteiger charge is 2.34. The summed E-state index contributed by atoms with van der Waals surface area (Å²) in [6.07, 6.45) is 3.27. The van der Waals surface area contributed by atoms with Crippen LogP contribution in [0.5, 0.6) is 0 Å². The van der Waals surface area contributed by atoms with Gasteiger partial charge in [-0.1, -0.05) is 0 Å². The molecule has 2 aromatic rings. The Morgan fingerprint density at radius 3 is 2.48 bits per heavy atom. The Bertz CT molecular complexity index is 907. The summed E-state index contributed by atoms with van der Waals surface area (Å²) < 4.78 is 54.0. The molecule has 5 nitrogen and oxygen atoms in total. The molecule has 1 aliphatic heterocycles. The molecule has 1 fully saturated rings. The summed E-state index contributed by atoms with van der Waals surface area (Å²) in [6.45, 7) is 2.57. The van der Waals surface area contributed by atoms with E-state index in [9.17, 15) is 22.4 Å². The number of rotatable bonds is 5. The second-order valence-electron chi connectivity index (χ2n) is 7.82. The SMILES string of the molecule is CC(F)(F)CNC(=O)c1cncc(-c2cc(F)cc(F)c2)c1N1CC[C@](C)(N)C1. The molecule has 1 amide bonds. The highest BCUT2D eigenvalue weighted by Crippen LogP contribution is 2.37. The van der Waals surface area contributed by atoms with Crippen molar-refractivity contribution in [3.63, 3.8) is 0 Å². The van der Waals surface area contributed by atoms with Crippen LogP contribution in [0.3, 0.4) is 0 Å². The normalized spacial score (nSPS) is 19.5. The number of anilines is 1. The summed E-state index contributed by atoms with van der Waals surface area (Å²) in [5.74, 6) is -5.40. The van der Waals surface area contributed by atoms with Gasteiger partial charge in [0.05, 0.1) is 17.8 Å². The van der Waals surface area contributed by atoms with Crippen molar-refractivity contribution in [3.05, 3.63) is 47.8 Å². The van der Waals surface area contributed by atoms with Crippen LogP contribution < -0.4 is 16.0 Å². The van der Waals surface area contributed by atoms with Gasteiger partial charge in [-0.25, -0.2) is 17.6 Å². The summed E-state index contributed by atoms with van der Waals surface area (Å²) in [5, 5.41) is 2.19. The number of nitrogens with two attached hydrogens (primary N) is 1. The fourth-order valence-corrected chi connectivity index (χ4v) is 3.39. The van der Waals surface area contributed by atoms with Crippen LogP contribution in [0.25, 0.3) is 11.1 Å². The topological polar surface area (TPSA) is 71.2 Å². The standard InChI is InChI=1S/C20H22F4N4O/c1-19(25)3-4-28(11-19)17-15(12-5-13(21)7-14(22)6-12)8-26-9-16(17)18(29)27-10-20(2,23)24/h5-9H,3-4,10-11,25H2,1-2H3,(H,27,29)/t19-/m0/s1. The molecule has 3 N–H and O–H groups in total. The smallest absolute Gasteiger partial charge is 0.262 e. The van der Waals surface area contributed by atoms with Gasteiger partial charge in [-0.2, -0.15) is 0 Å². The summed E-state index contributed by atoms with van der Waals surface area (Å²) in [5.41, 5.74) is 6.57. The zero-order chi connectivity index (χ0) is 21.4. The summed E-state index contributed by atoms with van der Waals surface area (Å²) in [6, 6.07) is 3.00. The molecule has 3 rings (SSSR count). The van der Waals surface area contributed by atoms with Crippen molar-refractivity contribution < 1.29 is 22.4 Å². The monoisotopic (exact) mass is 410 g/mol. The first kappa shape index (κ1) is 21.0. The highest BCUT2D eigenvalue weighted by atomic mass is 19.3. The third-order valence-electron chi connectivity index (χ3n) is 4.72. The van der Waals surface area contributed by atoms with Crippen LogP contribution in [0.15, 0.2) is 30.6 Å². The molecule has 1 aromatic heterocycles. The first-order valence-electron chi connectivity index (χ1n) is 9.09. The minimum absolute atomic E-state index is 0.0362. The molecule has 0 unspecified atom stereocenters. The van der Waals surface area contributed by atoms with Gasteiger partial charge in [-0.15, -0.1) is 0 Å². The Balaban J connectivity index is 2.10. The van der Waals surface area contributed by atoms with Gasteiger partial charge in [0.15, 0.2) is 0 Å². The van der Waals surface area contributed by atoms with Crippen LogP contribution in [0, 0.1) is 11.6 Å². The number of amides is 1. The lowest BCUT2D eigenvalue weighted by atomic mass is 10.0. The third-order valence-corrected chi connectivity index (χ3v) is 4.72. The Morgan fingerprint density at radius 2 is 1.93 bits per heavy atom. The average molecular weight is 410 g/mol. The highest BCUT2D eigenvalue weighted by molar-refractivity contribution is 6.03. The van der Waals surface area contributed by atoms with Crippen LogP contribution >= 0.6 is 0 Å². The Hall–Kier alpha value is -2.68. The molecule has 0 spiro atoms. The van der Waals surface area contributed by atoms with E-state index in [0.29, 0.717) is 37.7 Å². The molecule has 9 heteroatoms. The Kier molecular flexibility index (Phi) is 5.53. The van der Waals surface area contributed by atoms with Crippen molar-refractivity contribution in [2.45, 2.75) is 31.7 Å². The molecule has 0 saturated carbocycles. The van der Waals surface area contributed by atoms with E-state index in [0.717, 1.165) is 18.2 Å². The second kappa shape index (κ2) is 7.62. The molecule has 1 saturated heterocycles. The molecule has 156 valence electrons. The third kappa shape index (κ3) is 5.03. The minimum Gasteiger partial charge on any atom is -0.368 e. The van der Waals surface area contributed by atoms with Gasteiger partial charge >= 0.3 is 0 Å². The van der Waals surface area contributed by atoms with E-state index in [1.165, 1.54) is 12.4 Å². The maximum Gasteiger partial charge on any atom is 0.262 e. The molecule has 1 aromatic carbocycles. The van der Waals surface area contributed by atoms with Crippen molar-refractivity contribution in [3.8, 4) is 11.1 Å². The number of nitrogens with zero attached hydrogens (tertiary/aromatic N) is 2. The fourth-order valence-electron chi connectivity index (χ4n) is 3.39. The van der Waals surface area contributed by atoms with Gasteiger partial charge in [0.25, 0.3) is 11.8 Å². The van der Waals surface area contributed by atoms with Crippen LogP contribution in [0.2, 0.25) is 0 Å². The molecule has 1 aliphatic rings. The van der Waals surface area contributed by atoms with E-state index >= 15 is 0 Å². The van der Waals surface area contributed by atoms with Crippen molar-refractivity contribution in [1.29, 1.82) is 0 Å². The number of carbonyl (C=O) groups excluding carboxylic acids is 1.